The van der Waals surface area contributed by atoms with Crippen molar-refractivity contribution >= 4 is 28.0 Å². The molecule has 0 spiro atoms. The molecular formula is C25H20N4O4. The molecule has 0 amide bonds. The molecule has 4 aromatic rings. The lowest BCUT2D eigenvalue weighted by atomic mass is 10.1. The first-order valence-electron chi connectivity index (χ1n) is 10.3. The van der Waals surface area contributed by atoms with E-state index in [1.807, 2.05) is 48.5 Å². The zero-order chi connectivity index (χ0) is 23.2. The topological polar surface area (TPSA) is 110 Å². The van der Waals surface area contributed by atoms with Gasteiger partial charge < -0.3 is 14.8 Å². The Kier molecular flexibility index (Phi) is 6.32. The molecular weight excluding hydrogens is 420 g/mol. The van der Waals surface area contributed by atoms with E-state index >= 15 is 0 Å². The van der Waals surface area contributed by atoms with E-state index in [0.717, 1.165) is 5.56 Å². The Bertz CT molecular complexity index is 1350. The lowest BCUT2D eigenvalue weighted by Gasteiger charge is -2.14. The molecule has 1 heterocycles. The van der Waals surface area contributed by atoms with Crippen LogP contribution in [0.5, 0.6) is 11.5 Å². The maximum atomic E-state index is 11.6. The molecule has 0 atom stereocenters. The van der Waals surface area contributed by atoms with Gasteiger partial charge in [0, 0.05) is 35.5 Å². The molecule has 3 aromatic carbocycles. The molecule has 0 bridgehead atoms. The van der Waals surface area contributed by atoms with Crippen molar-refractivity contribution in [3.8, 4) is 17.6 Å². The van der Waals surface area contributed by atoms with Crippen LogP contribution >= 0.6 is 0 Å². The Balaban J connectivity index is 1.70. The number of aromatic nitrogens is 1. The highest BCUT2D eigenvalue weighted by atomic mass is 16.6. The summed E-state index contributed by atoms with van der Waals surface area (Å²) in [4.78, 5) is 15.4. The van der Waals surface area contributed by atoms with E-state index in [1.54, 1.807) is 13.0 Å². The van der Waals surface area contributed by atoms with E-state index in [9.17, 15) is 15.4 Å². The summed E-state index contributed by atoms with van der Waals surface area (Å²) in [5, 5.41) is 24.9. The van der Waals surface area contributed by atoms with Crippen molar-refractivity contribution in [3.05, 3.63) is 94.2 Å². The zero-order valence-corrected chi connectivity index (χ0v) is 17.8. The summed E-state index contributed by atoms with van der Waals surface area (Å²) in [6.07, 6.45) is 1.43. The number of hydrogen-bond donors (Lipinski definition) is 1. The monoisotopic (exact) mass is 440 g/mol. The summed E-state index contributed by atoms with van der Waals surface area (Å²) in [7, 11) is 0. The van der Waals surface area contributed by atoms with Crippen LogP contribution in [0.15, 0.2) is 72.9 Å². The number of nitrogens with zero attached hydrogens (tertiary/aromatic N) is 3. The number of benzene rings is 3. The van der Waals surface area contributed by atoms with Gasteiger partial charge in [0.15, 0.2) is 5.75 Å². The molecule has 0 unspecified atom stereocenters. The molecule has 0 fully saturated rings. The number of nitriles is 1. The minimum atomic E-state index is -0.509. The molecule has 1 aromatic heterocycles. The summed E-state index contributed by atoms with van der Waals surface area (Å²) in [5.41, 5.74) is 2.68. The lowest BCUT2D eigenvalue weighted by molar-refractivity contribution is -0.385. The van der Waals surface area contributed by atoms with Crippen LogP contribution in [-0.4, -0.2) is 16.5 Å². The summed E-state index contributed by atoms with van der Waals surface area (Å²) in [6.45, 7) is 2.45. The first kappa shape index (κ1) is 21.6. The van der Waals surface area contributed by atoms with Crippen LogP contribution in [0.1, 0.15) is 18.1 Å². The van der Waals surface area contributed by atoms with Crippen molar-refractivity contribution in [3.63, 3.8) is 0 Å². The molecule has 0 aliphatic rings. The largest absolute Gasteiger partial charge is 0.489 e. The molecule has 0 aliphatic carbocycles. The summed E-state index contributed by atoms with van der Waals surface area (Å²) < 4.78 is 11.3. The van der Waals surface area contributed by atoms with Gasteiger partial charge in [-0.25, -0.2) is 0 Å². The van der Waals surface area contributed by atoms with E-state index in [1.165, 1.54) is 18.3 Å². The first-order valence-corrected chi connectivity index (χ1v) is 10.3. The van der Waals surface area contributed by atoms with Crippen molar-refractivity contribution in [1.82, 2.24) is 4.98 Å². The molecule has 8 nitrogen and oxygen atoms in total. The highest BCUT2D eigenvalue weighted by Gasteiger charge is 2.20. The molecule has 8 heteroatoms. The third-order valence-corrected chi connectivity index (χ3v) is 4.92. The van der Waals surface area contributed by atoms with E-state index in [4.69, 9.17) is 9.47 Å². The van der Waals surface area contributed by atoms with Crippen LogP contribution in [0.2, 0.25) is 0 Å². The molecule has 1 N–H and O–H groups in total. The Morgan fingerprint density at radius 1 is 1.09 bits per heavy atom. The van der Waals surface area contributed by atoms with Gasteiger partial charge in [-0.2, -0.15) is 5.26 Å². The number of anilines is 2. The van der Waals surface area contributed by atoms with E-state index in [2.05, 4.69) is 16.4 Å². The van der Waals surface area contributed by atoms with Gasteiger partial charge >= 0.3 is 5.69 Å². The number of nitro groups is 1. The van der Waals surface area contributed by atoms with Crippen LogP contribution in [0.25, 0.3) is 10.9 Å². The number of fused-ring (bicyclic) bond motifs is 1. The van der Waals surface area contributed by atoms with Gasteiger partial charge in [0.05, 0.1) is 28.3 Å². The van der Waals surface area contributed by atoms with Gasteiger partial charge in [0.2, 0.25) is 0 Å². The molecule has 0 saturated carbocycles. The van der Waals surface area contributed by atoms with Crippen molar-refractivity contribution < 1.29 is 14.4 Å². The van der Waals surface area contributed by atoms with Crippen LogP contribution in [0.3, 0.4) is 0 Å². The minimum absolute atomic E-state index is 0.134. The van der Waals surface area contributed by atoms with E-state index in [-0.39, 0.29) is 23.6 Å². The van der Waals surface area contributed by atoms with Crippen LogP contribution < -0.4 is 14.8 Å². The van der Waals surface area contributed by atoms with E-state index in [0.29, 0.717) is 34.6 Å². The third-order valence-electron chi connectivity index (χ3n) is 4.92. The second kappa shape index (κ2) is 9.66. The maximum absolute atomic E-state index is 11.6. The average molecular weight is 440 g/mol. The summed E-state index contributed by atoms with van der Waals surface area (Å²) in [6, 6.07) is 22.1. The number of rotatable bonds is 8. The second-order valence-electron chi connectivity index (χ2n) is 7.11. The number of pyridine rings is 1. The molecule has 33 heavy (non-hydrogen) atoms. The zero-order valence-electron chi connectivity index (χ0n) is 17.8. The minimum Gasteiger partial charge on any atom is -0.489 e. The fourth-order valence-electron chi connectivity index (χ4n) is 3.39. The van der Waals surface area contributed by atoms with Crippen LogP contribution in [0.4, 0.5) is 17.1 Å². The SMILES string of the molecule is CCOc1cc2ncc(C#N)c(Nc3cccc(OCc4ccccc4)c3)c2cc1[N+](=O)[O-]. The van der Waals surface area contributed by atoms with Crippen molar-refractivity contribution in [2.75, 3.05) is 11.9 Å². The number of ether oxygens (including phenoxy) is 2. The summed E-state index contributed by atoms with van der Waals surface area (Å²) in [5.74, 6) is 0.778. The van der Waals surface area contributed by atoms with Gasteiger partial charge in [-0.3, -0.25) is 15.1 Å². The van der Waals surface area contributed by atoms with Gasteiger partial charge in [0.1, 0.15) is 18.4 Å². The molecule has 0 saturated heterocycles. The van der Waals surface area contributed by atoms with Gasteiger partial charge in [-0.05, 0) is 24.6 Å². The molecule has 0 aliphatic heterocycles. The number of nitro benzene ring substituents is 1. The number of hydrogen-bond acceptors (Lipinski definition) is 7. The Morgan fingerprint density at radius 2 is 1.91 bits per heavy atom. The fourth-order valence-corrected chi connectivity index (χ4v) is 3.39. The Hall–Kier alpha value is -4.64. The van der Waals surface area contributed by atoms with Gasteiger partial charge in [0.25, 0.3) is 0 Å². The Morgan fingerprint density at radius 3 is 2.64 bits per heavy atom. The lowest BCUT2D eigenvalue weighted by Crippen LogP contribution is -2.01. The van der Waals surface area contributed by atoms with Crippen LogP contribution in [0, 0.1) is 21.4 Å². The highest BCUT2D eigenvalue weighted by Crippen LogP contribution is 2.37. The summed E-state index contributed by atoms with van der Waals surface area (Å²) >= 11 is 0. The smallest absolute Gasteiger partial charge is 0.311 e. The van der Waals surface area contributed by atoms with E-state index < -0.39 is 4.92 Å². The highest BCUT2D eigenvalue weighted by molar-refractivity contribution is 5.98. The quantitative estimate of drug-likeness (QED) is 0.275. The fraction of sp³-hybridized carbons (Fsp3) is 0.120. The van der Waals surface area contributed by atoms with Crippen LogP contribution in [-0.2, 0) is 6.61 Å². The van der Waals surface area contributed by atoms with Gasteiger partial charge in [-0.15, -0.1) is 0 Å². The Labute approximate surface area is 190 Å². The molecule has 4 rings (SSSR count). The third kappa shape index (κ3) is 4.83. The van der Waals surface area contributed by atoms with Crippen molar-refractivity contribution in [2.45, 2.75) is 13.5 Å². The standard InChI is InChI=1S/C25H20N4O4/c1-2-32-24-13-22-21(12-23(24)29(30)31)25(18(14-26)15-27-22)28-19-9-6-10-20(11-19)33-16-17-7-4-3-5-8-17/h3-13,15H,2,16H2,1H3,(H,27,28). The predicted molar refractivity (Wildman–Crippen MR) is 125 cm³/mol. The number of nitrogens with one attached hydrogen (secondary N) is 1. The normalized spacial score (nSPS) is 10.4. The second-order valence-corrected chi connectivity index (χ2v) is 7.11. The molecule has 164 valence electrons. The van der Waals surface area contributed by atoms with Crippen molar-refractivity contribution in [2.24, 2.45) is 0 Å². The van der Waals surface area contributed by atoms with Gasteiger partial charge in [-0.1, -0.05) is 36.4 Å². The first-order chi connectivity index (χ1) is 16.1. The van der Waals surface area contributed by atoms with Crippen molar-refractivity contribution in [1.29, 1.82) is 5.26 Å². The average Bonchev–Trinajstić information content (AvgIpc) is 2.83. The maximum Gasteiger partial charge on any atom is 0.311 e. The predicted octanol–water partition coefficient (Wildman–Crippen LogP) is 5.74. The molecule has 0 radical (unpaired) electrons.